The first-order chi connectivity index (χ1) is 20.2. The number of fused-ring (bicyclic) bond motifs is 1. The van der Waals surface area contributed by atoms with E-state index in [0.717, 1.165) is 22.7 Å². The molecule has 5 rings (SSSR count). The van der Waals surface area contributed by atoms with Gasteiger partial charge in [0.05, 0.1) is 0 Å². The van der Waals surface area contributed by atoms with Gasteiger partial charge in [0.1, 0.15) is 29.9 Å². The number of hydrogen-bond acceptors (Lipinski definition) is 12. The summed E-state index contributed by atoms with van der Waals surface area (Å²) >= 11 is 2.18. The molecule has 3 aromatic heterocycles. The lowest BCUT2D eigenvalue weighted by molar-refractivity contribution is -0.689. The van der Waals surface area contributed by atoms with Crippen molar-refractivity contribution in [2.75, 3.05) is 18.6 Å². The van der Waals surface area contributed by atoms with Crippen LogP contribution in [0.15, 0.2) is 53.2 Å². The molecule has 0 aromatic carbocycles. The summed E-state index contributed by atoms with van der Waals surface area (Å²) in [7, 11) is 1.24. The highest BCUT2D eigenvalue weighted by molar-refractivity contribution is 8.00. The van der Waals surface area contributed by atoms with Gasteiger partial charge in [-0.3, -0.25) is 24.6 Å². The molecule has 2 atom stereocenters. The van der Waals surface area contributed by atoms with Gasteiger partial charge in [0.15, 0.2) is 30.3 Å². The summed E-state index contributed by atoms with van der Waals surface area (Å²) < 4.78 is 5.71. The Morgan fingerprint density at radius 1 is 1.36 bits per heavy atom. The van der Waals surface area contributed by atoms with E-state index in [9.17, 15) is 24.3 Å². The van der Waals surface area contributed by atoms with Crippen LogP contribution in [0.3, 0.4) is 0 Å². The maximum atomic E-state index is 13.1. The molecule has 0 saturated carbocycles. The molecule has 3 aromatic rings. The van der Waals surface area contributed by atoms with E-state index in [0.29, 0.717) is 11.3 Å². The predicted octanol–water partition coefficient (Wildman–Crippen LogP) is -0.597. The van der Waals surface area contributed by atoms with Crippen LogP contribution in [0, 0.1) is 11.5 Å². The zero-order valence-electron chi connectivity index (χ0n) is 21.6. The second kappa shape index (κ2) is 11.7. The Morgan fingerprint density at radius 2 is 2.12 bits per heavy atom. The number of rotatable bonds is 9. The number of carboxylic acid groups (broad SMARTS) is 1. The summed E-state index contributed by atoms with van der Waals surface area (Å²) in [5.74, 6) is -2.92. The van der Waals surface area contributed by atoms with Crippen molar-refractivity contribution < 1.29 is 33.7 Å². The number of hydrogen-bond donors (Lipinski definition) is 5. The summed E-state index contributed by atoms with van der Waals surface area (Å²) in [5.41, 5.74) is 7.44. The molecule has 0 aliphatic carbocycles. The van der Waals surface area contributed by atoms with Crippen LogP contribution in [0.5, 0.6) is 0 Å². The molecular formula is C24H21N10O6S2+. The molecule has 0 bridgehead atoms. The molecule has 0 spiro atoms. The molecule has 1 fully saturated rings. The third-order valence-corrected chi connectivity index (χ3v) is 8.16. The quantitative estimate of drug-likeness (QED) is 0.0513. The third kappa shape index (κ3) is 5.37. The van der Waals surface area contributed by atoms with Gasteiger partial charge in [0.2, 0.25) is 11.5 Å². The second-order valence-electron chi connectivity index (χ2n) is 8.82. The van der Waals surface area contributed by atoms with E-state index in [1.807, 2.05) is 5.32 Å². The first kappa shape index (κ1) is 28.3. The van der Waals surface area contributed by atoms with Crippen LogP contribution in [-0.2, 0) is 25.8 Å². The number of oxime groups is 1. The number of amides is 3. The van der Waals surface area contributed by atoms with E-state index in [1.165, 1.54) is 23.8 Å². The smallest absolute Gasteiger partial charge is 0.352 e. The number of β-lactam (4-membered cyclic amide) rings is 1. The van der Waals surface area contributed by atoms with Gasteiger partial charge in [-0.15, -0.1) is 11.8 Å². The molecule has 214 valence electrons. The standard InChI is InChI=1S/C24H20N10O6S2/c1-40-31-15(18-30-24(26)42-32-18)20(36)29-16-21(37)34-17(23(38)39)13(9-41-22(16)34)8-33-4-2-11(3-5-33)12-6-14(27-7-12)19(35)28-10-25/h2-7,16,22H,8-9H2,1H3,(H5,26,28,29,30,32,35,36,38,39)/p+1. The summed E-state index contributed by atoms with van der Waals surface area (Å²) in [6, 6.07) is 4.19. The Hall–Kier alpha value is -5.28. The number of H-pyrrole nitrogens is 1. The predicted molar refractivity (Wildman–Crippen MR) is 147 cm³/mol. The maximum absolute atomic E-state index is 13.1. The minimum atomic E-state index is -1.26. The third-order valence-electron chi connectivity index (χ3n) is 6.28. The van der Waals surface area contributed by atoms with Gasteiger partial charge in [-0.1, -0.05) is 5.16 Å². The number of nitrogens with zero attached hydrogens (tertiary/aromatic N) is 6. The lowest BCUT2D eigenvalue weighted by Gasteiger charge is -2.49. The Balaban J connectivity index is 1.29. The molecule has 42 heavy (non-hydrogen) atoms. The van der Waals surface area contributed by atoms with E-state index < -0.39 is 35.1 Å². The average molecular weight is 610 g/mol. The zero-order chi connectivity index (χ0) is 30.0. The largest absolute Gasteiger partial charge is 0.477 e. The minimum absolute atomic E-state index is 0.0605. The average Bonchev–Trinajstić information content (AvgIpc) is 3.64. The fourth-order valence-electron chi connectivity index (χ4n) is 4.41. The van der Waals surface area contributed by atoms with Crippen molar-refractivity contribution in [1.82, 2.24) is 29.9 Å². The summed E-state index contributed by atoms with van der Waals surface area (Å²) in [6.45, 7) is 0.201. The Bertz CT molecular complexity index is 1690. The van der Waals surface area contributed by atoms with Gasteiger partial charge in [0, 0.05) is 46.8 Å². The number of nitrogen functional groups attached to an aromatic ring is 1. The van der Waals surface area contributed by atoms with Crippen LogP contribution >= 0.6 is 23.3 Å². The van der Waals surface area contributed by atoms with Gasteiger partial charge in [-0.25, -0.2) is 9.36 Å². The van der Waals surface area contributed by atoms with Crippen molar-refractivity contribution in [1.29, 1.82) is 5.26 Å². The van der Waals surface area contributed by atoms with Crippen LogP contribution in [0.1, 0.15) is 16.3 Å². The SMILES string of the molecule is CON=C(C(=O)NC1C(=O)N2C(C(=O)O)=C(C[n+]3ccc(-c4c[nH]c(C(=O)NC#N)c4)cc3)CSC12)c1nsc(N)n1. The number of aromatic nitrogens is 4. The van der Waals surface area contributed by atoms with E-state index in [2.05, 4.69) is 24.8 Å². The number of carbonyl (C=O) groups is 4. The van der Waals surface area contributed by atoms with Crippen LogP contribution in [0.2, 0.25) is 0 Å². The molecule has 2 unspecified atom stereocenters. The number of carbonyl (C=O) groups excluding carboxylic acids is 3. The minimum Gasteiger partial charge on any atom is -0.477 e. The van der Waals surface area contributed by atoms with Crippen LogP contribution in [-0.4, -0.2) is 78.0 Å². The number of thioether (sulfide) groups is 1. The molecule has 0 radical (unpaired) electrons. The lowest BCUT2D eigenvalue weighted by atomic mass is 10.0. The first-order valence-corrected chi connectivity index (χ1v) is 13.8. The van der Waals surface area contributed by atoms with Gasteiger partial charge in [0.25, 0.3) is 17.7 Å². The van der Waals surface area contributed by atoms with Crippen molar-refractivity contribution >= 4 is 57.8 Å². The molecular weight excluding hydrogens is 588 g/mol. The van der Waals surface area contributed by atoms with E-state index in [-0.39, 0.29) is 34.6 Å². The molecule has 18 heteroatoms. The Labute approximate surface area is 245 Å². The Kier molecular flexibility index (Phi) is 7.86. The highest BCUT2D eigenvalue weighted by Crippen LogP contribution is 2.40. The van der Waals surface area contributed by atoms with Crippen molar-refractivity contribution in [3.05, 3.63) is 59.6 Å². The highest BCUT2D eigenvalue weighted by atomic mass is 32.2. The van der Waals surface area contributed by atoms with Crippen molar-refractivity contribution in [3.8, 4) is 17.3 Å². The number of anilines is 1. The van der Waals surface area contributed by atoms with Gasteiger partial charge < -0.3 is 26.0 Å². The number of nitrogens with two attached hydrogens (primary N) is 1. The van der Waals surface area contributed by atoms with E-state index >= 15 is 0 Å². The molecule has 5 heterocycles. The number of aliphatic carboxylic acids is 1. The first-order valence-electron chi connectivity index (χ1n) is 12.0. The fourth-order valence-corrected chi connectivity index (χ4v) is 6.18. The molecule has 1 saturated heterocycles. The highest BCUT2D eigenvalue weighted by Gasteiger charge is 2.54. The molecule has 6 N–H and O–H groups in total. The number of nitrogens with one attached hydrogen (secondary N) is 3. The topological polar surface area (TPSA) is 233 Å². The van der Waals surface area contributed by atoms with Crippen LogP contribution in [0.25, 0.3) is 11.1 Å². The normalized spacial score (nSPS) is 18.0. The number of pyridine rings is 1. The molecule has 2 aliphatic heterocycles. The van der Waals surface area contributed by atoms with Crippen LogP contribution in [0.4, 0.5) is 5.13 Å². The van der Waals surface area contributed by atoms with Gasteiger partial charge >= 0.3 is 5.97 Å². The van der Waals surface area contributed by atoms with Crippen LogP contribution < -0.4 is 20.9 Å². The number of nitriles is 1. The summed E-state index contributed by atoms with van der Waals surface area (Å²) in [5, 5.41) is 26.4. The second-order valence-corrected chi connectivity index (χ2v) is 10.7. The number of carboxylic acids is 1. The lowest BCUT2D eigenvalue weighted by Crippen LogP contribution is -2.71. The summed E-state index contributed by atoms with van der Waals surface area (Å²) in [4.78, 5) is 62.7. The maximum Gasteiger partial charge on any atom is 0.352 e. The zero-order valence-corrected chi connectivity index (χ0v) is 23.2. The van der Waals surface area contributed by atoms with Crippen molar-refractivity contribution in [2.45, 2.75) is 18.0 Å². The molecule has 2 aliphatic rings. The van der Waals surface area contributed by atoms with E-state index in [1.54, 1.807) is 47.5 Å². The summed E-state index contributed by atoms with van der Waals surface area (Å²) in [6.07, 6.45) is 6.71. The molecule has 16 nitrogen and oxygen atoms in total. The van der Waals surface area contributed by atoms with E-state index in [4.69, 9.17) is 15.8 Å². The molecule has 3 amide bonds. The monoisotopic (exact) mass is 609 g/mol. The Morgan fingerprint density at radius 3 is 2.76 bits per heavy atom. The van der Waals surface area contributed by atoms with Gasteiger partial charge in [-0.05, 0) is 11.6 Å². The fraction of sp³-hybridized carbons (Fsp3) is 0.208. The van der Waals surface area contributed by atoms with Crippen molar-refractivity contribution in [3.63, 3.8) is 0 Å². The van der Waals surface area contributed by atoms with Gasteiger partial charge in [-0.2, -0.15) is 14.6 Å². The van der Waals surface area contributed by atoms with Crippen molar-refractivity contribution in [2.24, 2.45) is 5.16 Å². The number of aromatic amines is 1.